The van der Waals surface area contributed by atoms with Crippen molar-refractivity contribution < 1.29 is 23.3 Å². The minimum atomic E-state index is -3.41. The van der Waals surface area contributed by atoms with E-state index in [0.29, 0.717) is 17.4 Å². The molecular formula is C16H27ClN4O5S2. The number of hydrogen-bond acceptors (Lipinski definition) is 6. The number of rotatable bonds is 5. The van der Waals surface area contributed by atoms with E-state index in [2.05, 4.69) is 9.10 Å². The lowest BCUT2D eigenvalue weighted by molar-refractivity contribution is -0.117. The van der Waals surface area contributed by atoms with Gasteiger partial charge in [0.05, 0.1) is 5.02 Å². The highest BCUT2D eigenvalue weighted by Crippen LogP contribution is 2.25. The Morgan fingerprint density at radius 1 is 1.32 bits per heavy atom. The van der Waals surface area contributed by atoms with Crippen molar-refractivity contribution in [3.8, 4) is 0 Å². The summed E-state index contributed by atoms with van der Waals surface area (Å²) in [5.41, 5.74) is 9.26. The van der Waals surface area contributed by atoms with E-state index in [9.17, 15) is 18.6 Å². The molecule has 1 heterocycles. The van der Waals surface area contributed by atoms with E-state index in [1.165, 1.54) is 11.4 Å². The molecule has 1 aromatic rings. The van der Waals surface area contributed by atoms with Crippen LogP contribution in [0.4, 0.5) is 9.59 Å². The first-order chi connectivity index (χ1) is 12.6. The van der Waals surface area contributed by atoms with Crippen molar-refractivity contribution in [2.75, 3.05) is 0 Å². The van der Waals surface area contributed by atoms with Gasteiger partial charge in [0.25, 0.3) is 5.91 Å². The quantitative estimate of drug-likeness (QED) is 0.619. The average Bonchev–Trinajstić information content (AvgIpc) is 2.89. The van der Waals surface area contributed by atoms with E-state index in [1.54, 1.807) is 20.8 Å². The molecule has 1 aromatic heterocycles. The number of carbonyl (C=O) groups excluding carboxylic acids is 3. The van der Waals surface area contributed by atoms with E-state index < -0.39 is 33.5 Å². The minimum Gasteiger partial charge on any atom is -0.444 e. The molecule has 28 heavy (non-hydrogen) atoms. The lowest BCUT2D eigenvalue weighted by atomic mass is 10.1. The summed E-state index contributed by atoms with van der Waals surface area (Å²) in [4.78, 5) is 32.7. The molecular weight excluding hydrogens is 428 g/mol. The van der Waals surface area contributed by atoms with Crippen LogP contribution in [0.3, 0.4) is 0 Å². The highest BCUT2D eigenvalue weighted by atomic mass is 35.5. The zero-order valence-electron chi connectivity index (χ0n) is 16.5. The normalized spacial score (nSPS) is 13.0. The smallest absolute Gasteiger partial charge is 0.405 e. The second-order valence-electron chi connectivity index (χ2n) is 7.03. The summed E-state index contributed by atoms with van der Waals surface area (Å²) < 4.78 is 23.1. The minimum absolute atomic E-state index is 0.161. The van der Waals surface area contributed by atoms with Crippen LogP contribution in [-0.2, 0) is 19.4 Å². The third-order valence-corrected chi connectivity index (χ3v) is 6.27. The molecule has 0 spiro atoms. The summed E-state index contributed by atoms with van der Waals surface area (Å²) in [6.07, 6.45) is 0.0610. The molecule has 0 saturated carbocycles. The first-order valence-corrected chi connectivity index (χ1v) is 11.0. The molecule has 0 radical (unpaired) electrons. The topological polar surface area (TPSA) is 154 Å². The lowest BCUT2D eigenvalue weighted by Crippen LogP contribution is -2.35. The summed E-state index contributed by atoms with van der Waals surface area (Å²) in [6, 6.07) is 0.379. The number of nitrogens with two attached hydrogens (primary N) is 2. The van der Waals surface area contributed by atoms with Crippen molar-refractivity contribution in [2.45, 2.75) is 57.3 Å². The maximum Gasteiger partial charge on any atom is 0.405 e. The Morgan fingerprint density at radius 3 is 2.21 bits per heavy atom. The predicted octanol–water partition coefficient (Wildman–Crippen LogP) is 3.65. The Balaban J connectivity index is 0.000000769. The van der Waals surface area contributed by atoms with E-state index in [1.807, 2.05) is 18.6 Å². The summed E-state index contributed by atoms with van der Waals surface area (Å²) in [5, 5.41) is 1.89. The zero-order valence-corrected chi connectivity index (χ0v) is 18.9. The van der Waals surface area contributed by atoms with E-state index in [0.717, 1.165) is 11.3 Å². The maximum absolute atomic E-state index is 12.6. The van der Waals surface area contributed by atoms with Crippen LogP contribution in [-0.4, -0.2) is 27.8 Å². The van der Waals surface area contributed by atoms with Crippen LogP contribution in [0.2, 0.25) is 5.02 Å². The Labute approximate surface area is 174 Å². The molecule has 160 valence electrons. The van der Waals surface area contributed by atoms with Crippen molar-refractivity contribution in [3.63, 3.8) is 0 Å². The third-order valence-electron chi connectivity index (χ3n) is 2.63. The molecule has 0 aromatic carbocycles. The lowest BCUT2D eigenvalue weighted by Gasteiger charge is -2.16. The van der Waals surface area contributed by atoms with Gasteiger partial charge >= 0.3 is 12.1 Å². The van der Waals surface area contributed by atoms with Gasteiger partial charge < -0.3 is 16.2 Å². The van der Waals surface area contributed by atoms with Gasteiger partial charge in [-0.05, 0) is 39.2 Å². The molecule has 0 bridgehead atoms. The summed E-state index contributed by atoms with van der Waals surface area (Å²) in [5.74, 6) is -0.215. The number of carbonyl (C=O) groups is 3. The number of nitrogens with one attached hydrogen (secondary N) is 1. The fourth-order valence-electron chi connectivity index (χ4n) is 1.60. The van der Waals surface area contributed by atoms with Gasteiger partial charge in [-0.25, -0.2) is 18.5 Å². The van der Waals surface area contributed by atoms with Crippen LogP contribution in [0.1, 0.15) is 47.5 Å². The number of halogens is 1. The molecule has 0 fully saturated rings. The monoisotopic (exact) mass is 454 g/mol. The van der Waals surface area contributed by atoms with Crippen molar-refractivity contribution in [2.24, 2.45) is 21.7 Å². The second-order valence-corrected chi connectivity index (χ2v) is 10.5. The Bertz CT molecular complexity index is 808. The molecule has 1 unspecified atom stereocenters. The van der Waals surface area contributed by atoms with Gasteiger partial charge in [0.1, 0.15) is 9.81 Å². The Morgan fingerprint density at radius 2 is 1.89 bits per heavy atom. The number of primary amides is 2. The van der Waals surface area contributed by atoms with Crippen LogP contribution < -0.4 is 16.2 Å². The Kier molecular flexibility index (Phi) is 10.5. The van der Waals surface area contributed by atoms with Gasteiger partial charge in [-0.15, -0.1) is 15.7 Å². The van der Waals surface area contributed by atoms with Crippen molar-refractivity contribution in [1.82, 2.24) is 4.72 Å². The van der Waals surface area contributed by atoms with Crippen LogP contribution in [0, 0.1) is 5.92 Å². The highest BCUT2D eigenvalue weighted by molar-refractivity contribution is 7.94. The van der Waals surface area contributed by atoms with Gasteiger partial charge in [-0.2, -0.15) is 0 Å². The molecule has 12 heteroatoms. The van der Waals surface area contributed by atoms with Crippen LogP contribution in [0.5, 0.6) is 0 Å². The molecule has 5 N–H and O–H groups in total. The molecule has 0 aliphatic carbocycles. The second kappa shape index (κ2) is 11.2. The van der Waals surface area contributed by atoms with Crippen LogP contribution >= 0.6 is 22.9 Å². The molecule has 1 atom stereocenters. The number of hydrogen-bond donors (Lipinski definition) is 3. The van der Waals surface area contributed by atoms with Gasteiger partial charge in [0, 0.05) is 11.8 Å². The first kappa shape index (κ1) is 26.1. The number of nitrogens with zero attached hydrogens (tertiary/aromatic N) is 1. The van der Waals surface area contributed by atoms with E-state index >= 15 is 0 Å². The summed E-state index contributed by atoms with van der Waals surface area (Å²) in [7, 11) is -3.41. The van der Waals surface area contributed by atoms with E-state index in [4.69, 9.17) is 23.1 Å². The van der Waals surface area contributed by atoms with Crippen molar-refractivity contribution >= 4 is 50.9 Å². The maximum atomic E-state index is 12.6. The van der Waals surface area contributed by atoms with Gasteiger partial charge in [-0.3, -0.25) is 4.79 Å². The average molecular weight is 455 g/mol. The highest BCUT2D eigenvalue weighted by Gasteiger charge is 2.19. The Hall–Kier alpha value is -1.85. The van der Waals surface area contributed by atoms with E-state index in [-0.39, 0.29) is 10.6 Å². The SMILES string of the molecule is CC(C)(C)OC(N)=O.CC(C)CCC(=O)N=S(=O)(NC(N)=O)c1cc(Cl)cs1. The van der Waals surface area contributed by atoms with Gasteiger partial charge in [0.15, 0.2) is 9.92 Å². The fourth-order valence-corrected chi connectivity index (χ4v) is 4.54. The molecule has 4 amide bonds. The number of urea groups is 1. The van der Waals surface area contributed by atoms with Crippen LogP contribution in [0.15, 0.2) is 20.0 Å². The zero-order chi connectivity index (χ0) is 22.1. The number of ether oxygens (including phenoxy) is 1. The standard InChI is InChI=1S/C11H16ClN3O3S2.C5H11NO2/c1-7(2)3-4-9(16)14-20(18,15-11(13)17)10-5-8(12)6-19-10;1-5(2,3)8-4(6)7/h5-7H,3-4H2,1-2H3,(H3,13,14,15,16,17,18);1-3H3,(H2,6,7). The van der Waals surface area contributed by atoms with Crippen LogP contribution in [0.25, 0.3) is 0 Å². The third kappa shape index (κ3) is 11.8. The summed E-state index contributed by atoms with van der Waals surface area (Å²) in [6.45, 7) is 9.21. The van der Waals surface area contributed by atoms with Gasteiger partial charge in [0.2, 0.25) is 0 Å². The van der Waals surface area contributed by atoms with Crippen molar-refractivity contribution in [1.29, 1.82) is 0 Å². The van der Waals surface area contributed by atoms with Crippen molar-refractivity contribution in [3.05, 3.63) is 16.5 Å². The molecule has 1 rings (SSSR count). The van der Waals surface area contributed by atoms with Gasteiger partial charge in [-0.1, -0.05) is 25.4 Å². The predicted molar refractivity (Wildman–Crippen MR) is 110 cm³/mol. The largest absolute Gasteiger partial charge is 0.444 e. The first-order valence-electron chi connectivity index (χ1n) is 8.24. The number of amides is 4. The fraction of sp³-hybridized carbons (Fsp3) is 0.562. The summed E-state index contributed by atoms with van der Waals surface area (Å²) >= 11 is 6.80. The molecule has 0 saturated heterocycles. The molecule has 0 aliphatic heterocycles. The number of thiophene rings is 1. The molecule has 9 nitrogen and oxygen atoms in total. The molecule has 0 aliphatic rings.